The van der Waals surface area contributed by atoms with Gasteiger partial charge in [-0.15, -0.1) is 0 Å². The molecule has 46 heavy (non-hydrogen) atoms. The van der Waals surface area contributed by atoms with Crippen molar-refractivity contribution in [3.8, 4) is 11.4 Å². The van der Waals surface area contributed by atoms with Crippen molar-refractivity contribution >= 4 is 88.0 Å². The van der Waals surface area contributed by atoms with Crippen LogP contribution in [0.15, 0.2) is 131 Å². The van der Waals surface area contributed by atoms with Crippen molar-refractivity contribution in [1.29, 1.82) is 0 Å². The van der Waals surface area contributed by atoms with Crippen LogP contribution in [0.4, 0.5) is 0 Å². The summed E-state index contributed by atoms with van der Waals surface area (Å²) in [5.41, 5.74) is 8.53. The van der Waals surface area contributed by atoms with Crippen molar-refractivity contribution in [2.24, 2.45) is 0 Å². The standard InChI is InChI=1S/C38H20N6O2/c1-5-24-25-6-2-16-40-36(25)43(35(24)39-15-1)21-9-12-30-28(19-21)23-11-14-32-33(34(23)46-30)29-20-22(10-13-31(29)45-32)44-37-26(7-3-17-41-37)27-8-4-18-42-38(27)44/h1-20H. The number of furan rings is 2. The van der Waals surface area contributed by atoms with Crippen LogP contribution >= 0.6 is 0 Å². The lowest BCUT2D eigenvalue weighted by molar-refractivity contribution is 0.662. The lowest BCUT2D eigenvalue weighted by Gasteiger charge is -2.06. The topological polar surface area (TPSA) is 87.7 Å². The van der Waals surface area contributed by atoms with Crippen molar-refractivity contribution in [2.75, 3.05) is 0 Å². The molecule has 0 radical (unpaired) electrons. The lowest BCUT2D eigenvalue weighted by atomic mass is 10.1. The molecular formula is C38H20N6O2. The van der Waals surface area contributed by atoms with Crippen LogP contribution in [0.25, 0.3) is 99.4 Å². The highest BCUT2D eigenvalue weighted by Crippen LogP contribution is 2.41. The summed E-state index contributed by atoms with van der Waals surface area (Å²) in [5.74, 6) is 0. The fourth-order valence-electron chi connectivity index (χ4n) is 7.18. The first-order chi connectivity index (χ1) is 22.8. The van der Waals surface area contributed by atoms with Gasteiger partial charge in [0, 0.05) is 62.5 Å². The van der Waals surface area contributed by atoms with Gasteiger partial charge in [0.1, 0.15) is 44.9 Å². The van der Waals surface area contributed by atoms with Crippen LogP contribution in [-0.2, 0) is 0 Å². The highest BCUT2D eigenvalue weighted by molar-refractivity contribution is 6.22. The third kappa shape index (κ3) is 3.02. The van der Waals surface area contributed by atoms with Crippen LogP contribution in [0, 0.1) is 0 Å². The molecule has 0 saturated heterocycles. The highest BCUT2D eigenvalue weighted by Gasteiger charge is 2.20. The van der Waals surface area contributed by atoms with Crippen LogP contribution in [-0.4, -0.2) is 29.1 Å². The Labute approximate surface area is 258 Å². The molecule has 8 aromatic heterocycles. The Hall–Kier alpha value is -6.54. The van der Waals surface area contributed by atoms with E-state index in [1.807, 2.05) is 67.3 Å². The van der Waals surface area contributed by atoms with E-state index in [0.29, 0.717) is 0 Å². The first-order valence-corrected chi connectivity index (χ1v) is 15.0. The number of fused-ring (bicyclic) bond motifs is 13. The lowest BCUT2D eigenvalue weighted by Crippen LogP contribution is -1.96. The fraction of sp³-hybridized carbons (Fsp3) is 0. The molecule has 8 heterocycles. The molecule has 11 aromatic rings. The number of pyridine rings is 4. The van der Waals surface area contributed by atoms with E-state index in [2.05, 4.69) is 63.7 Å². The predicted octanol–water partition coefficient (Wildman–Crippen LogP) is 9.26. The van der Waals surface area contributed by atoms with Gasteiger partial charge in [0.25, 0.3) is 0 Å². The molecule has 11 rings (SSSR count). The maximum atomic E-state index is 6.62. The zero-order chi connectivity index (χ0) is 29.9. The molecule has 0 amide bonds. The summed E-state index contributed by atoms with van der Waals surface area (Å²) in [6, 6.07) is 32.8. The van der Waals surface area contributed by atoms with E-state index in [-0.39, 0.29) is 0 Å². The maximum absolute atomic E-state index is 6.62. The molecule has 0 atom stereocenters. The van der Waals surface area contributed by atoms with E-state index >= 15 is 0 Å². The minimum Gasteiger partial charge on any atom is -0.456 e. The molecule has 0 aliphatic rings. The van der Waals surface area contributed by atoms with E-state index in [0.717, 1.165) is 99.4 Å². The van der Waals surface area contributed by atoms with Crippen LogP contribution in [0.2, 0.25) is 0 Å². The second-order valence-corrected chi connectivity index (χ2v) is 11.5. The normalized spacial score (nSPS) is 12.3. The molecule has 214 valence electrons. The Morgan fingerprint density at radius 3 is 1.37 bits per heavy atom. The zero-order valence-corrected chi connectivity index (χ0v) is 24.0. The molecule has 0 aliphatic heterocycles. The van der Waals surface area contributed by atoms with Gasteiger partial charge < -0.3 is 8.83 Å². The van der Waals surface area contributed by atoms with E-state index in [4.69, 9.17) is 28.8 Å². The number of nitrogens with zero attached hydrogens (tertiary/aromatic N) is 6. The first kappa shape index (κ1) is 23.9. The van der Waals surface area contributed by atoms with Gasteiger partial charge in [-0.05, 0) is 97.1 Å². The molecule has 0 spiro atoms. The SMILES string of the molecule is c1cnc2c(c1)c1cccnc1n2-c1ccc2oc3c(ccc4oc5ccc(-n6c7ncccc7c7cccnc76)cc5c43)c2c1. The Bertz CT molecular complexity index is 2950. The van der Waals surface area contributed by atoms with Crippen molar-refractivity contribution in [3.05, 3.63) is 122 Å². The minimum atomic E-state index is 0.771. The summed E-state index contributed by atoms with van der Waals surface area (Å²) in [5, 5.41) is 8.19. The number of rotatable bonds is 2. The average Bonchev–Trinajstić information content (AvgIpc) is 3.85. The van der Waals surface area contributed by atoms with Crippen LogP contribution < -0.4 is 0 Å². The summed E-state index contributed by atoms with van der Waals surface area (Å²) in [6.45, 7) is 0. The van der Waals surface area contributed by atoms with Gasteiger partial charge >= 0.3 is 0 Å². The smallest absolute Gasteiger partial charge is 0.147 e. The molecule has 8 nitrogen and oxygen atoms in total. The average molecular weight is 593 g/mol. The number of hydrogen-bond donors (Lipinski definition) is 0. The Morgan fingerprint density at radius 2 is 0.848 bits per heavy atom. The summed E-state index contributed by atoms with van der Waals surface area (Å²) >= 11 is 0. The molecule has 0 N–H and O–H groups in total. The largest absolute Gasteiger partial charge is 0.456 e. The fourth-order valence-corrected chi connectivity index (χ4v) is 7.18. The van der Waals surface area contributed by atoms with E-state index in [9.17, 15) is 0 Å². The van der Waals surface area contributed by atoms with Gasteiger partial charge in [-0.2, -0.15) is 0 Å². The number of benzene rings is 3. The molecule has 0 bridgehead atoms. The molecule has 0 unspecified atom stereocenters. The Kier molecular flexibility index (Phi) is 4.43. The molecule has 3 aromatic carbocycles. The van der Waals surface area contributed by atoms with E-state index in [1.165, 1.54) is 0 Å². The molecule has 0 aliphatic carbocycles. The Balaban J connectivity index is 1.17. The second kappa shape index (κ2) is 8.55. The zero-order valence-electron chi connectivity index (χ0n) is 24.0. The van der Waals surface area contributed by atoms with Gasteiger partial charge in [0.15, 0.2) is 0 Å². The molecule has 0 fully saturated rings. The first-order valence-electron chi connectivity index (χ1n) is 15.0. The van der Waals surface area contributed by atoms with Crippen molar-refractivity contribution in [2.45, 2.75) is 0 Å². The van der Waals surface area contributed by atoms with Gasteiger partial charge in [-0.1, -0.05) is 0 Å². The van der Waals surface area contributed by atoms with Crippen molar-refractivity contribution in [3.63, 3.8) is 0 Å². The monoisotopic (exact) mass is 592 g/mol. The van der Waals surface area contributed by atoms with Gasteiger partial charge in [-0.25, -0.2) is 19.9 Å². The van der Waals surface area contributed by atoms with Gasteiger partial charge in [0.2, 0.25) is 0 Å². The Morgan fingerprint density at radius 1 is 0.391 bits per heavy atom. The summed E-state index contributed by atoms with van der Waals surface area (Å²) in [4.78, 5) is 19.0. The summed E-state index contributed by atoms with van der Waals surface area (Å²) in [6.07, 6.45) is 7.29. The van der Waals surface area contributed by atoms with Crippen molar-refractivity contribution < 1.29 is 8.83 Å². The van der Waals surface area contributed by atoms with E-state index < -0.39 is 0 Å². The predicted molar refractivity (Wildman–Crippen MR) is 181 cm³/mol. The van der Waals surface area contributed by atoms with Gasteiger partial charge in [0.05, 0.1) is 16.8 Å². The van der Waals surface area contributed by atoms with E-state index in [1.54, 1.807) is 0 Å². The summed E-state index contributed by atoms with van der Waals surface area (Å²) < 4.78 is 17.2. The maximum Gasteiger partial charge on any atom is 0.147 e. The molecule has 0 saturated carbocycles. The van der Waals surface area contributed by atoms with Crippen LogP contribution in [0.5, 0.6) is 0 Å². The molecular weight excluding hydrogens is 572 g/mol. The number of hydrogen-bond acceptors (Lipinski definition) is 6. The van der Waals surface area contributed by atoms with Crippen molar-refractivity contribution in [1.82, 2.24) is 29.1 Å². The third-order valence-electron chi connectivity index (χ3n) is 9.13. The third-order valence-corrected chi connectivity index (χ3v) is 9.13. The second-order valence-electron chi connectivity index (χ2n) is 11.5. The van der Waals surface area contributed by atoms with Gasteiger partial charge in [-0.3, -0.25) is 9.13 Å². The highest BCUT2D eigenvalue weighted by atomic mass is 16.3. The van der Waals surface area contributed by atoms with Crippen LogP contribution in [0.3, 0.4) is 0 Å². The quantitative estimate of drug-likeness (QED) is 0.199. The summed E-state index contributed by atoms with van der Waals surface area (Å²) in [7, 11) is 0. The minimum absolute atomic E-state index is 0.771. The number of aromatic nitrogens is 6. The van der Waals surface area contributed by atoms with Crippen LogP contribution in [0.1, 0.15) is 0 Å². The molecule has 8 heteroatoms.